The summed E-state index contributed by atoms with van der Waals surface area (Å²) in [6.45, 7) is 5.47. The minimum atomic E-state index is -0.993. The van der Waals surface area contributed by atoms with E-state index in [1.165, 1.54) is 0 Å². The molecule has 0 radical (unpaired) electrons. The summed E-state index contributed by atoms with van der Waals surface area (Å²) < 4.78 is 13.6. The van der Waals surface area contributed by atoms with Crippen LogP contribution in [0, 0.1) is 0 Å². The van der Waals surface area contributed by atoms with E-state index in [2.05, 4.69) is 0 Å². The largest absolute Gasteiger partial charge is 0.460 e. The van der Waals surface area contributed by atoms with E-state index in [4.69, 9.17) is 26.0 Å². The van der Waals surface area contributed by atoms with Crippen LogP contribution in [0.1, 0.15) is 61.6 Å². The summed E-state index contributed by atoms with van der Waals surface area (Å²) in [5.74, 6) is -0.0414. The van der Waals surface area contributed by atoms with Gasteiger partial charge in [-0.3, -0.25) is 4.79 Å². The zero-order valence-electron chi connectivity index (χ0n) is 22.4. The van der Waals surface area contributed by atoms with Crippen LogP contribution >= 0.6 is 0 Å². The van der Waals surface area contributed by atoms with Crippen molar-refractivity contribution in [1.82, 2.24) is 9.78 Å². The van der Waals surface area contributed by atoms with Crippen LogP contribution in [-0.4, -0.2) is 28.5 Å². The van der Waals surface area contributed by atoms with Gasteiger partial charge < -0.3 is 20.9 Å². The highest BCUT2D eigenvalue weighted by atomic mass is 16.6. The van der Waals surface area contributed by atoms with Gasteiger partial charge in [0.1, 0.15) is 23.1 Å². The number of aromatic nitrogens is 2. The van der Waals surface area contributed by atoms with E-state index >= 15 is 0 Å². The molecule has 0 bridgehead atoms. The molecule has 0 aliphatic rings. The molecule has 0 aliphatic heterocycles. The Labute approximate surface area is 224 Å². The van der Waals surface area contributed by atoms with Crippen molar-refractivity contribution in [3.8, 4) is 0 Å². The SMILES string of the molecule is COC(c1ccccc1)C(c1ccccc1)(c1ccccc1)n1ncc(C(N)CC(=O)OC(C)(C)C)c1N. The molecule has 38 heavy (non-hydrogen) atoms. The number of nitrogens with zero attached hydrogens (tertiary/aromatic N) is 2. The van der Waals surface area contributed by atoms with E-state index in [1.807, 2.05) is 112 Å². The first-order valence-corrected chi connectivity index (χ1v) is 12.7. The second-order valence-electron chi connectivity index (χ2n) is 10.3. The number of carbonyl (C=O) groups is 1. The first-order chi connectivity index (χ1) is 18.2. The number of hydrogen-bond donors (Lipinski definition) is 2. The normalized spacial score (nSPS) is 13.6. The lowest BCUT2D eigenvalue weighted by molar-refractivity contribution is -0.155. The van der Waals surface area contributed by atoms with Crippen molar-refractivity contribution >= 4 is 11.8 Å². The van der Waals surface area contributed by atoms with Crippen LogP contribution in [0.3, 0.4) is 0 Å². The monoisotopic (exact) mass is 512 g/mol. The molecule has 2 atom stereocenters. The van der Waals surface area contributed by atoms with Crippen molar-refractivity contribution in [2.24, 2.45) is 5.73 Å². The van der Waals surface area contributed by atoms with E-state index < -0.39 is 29.3 Å². The average molecular weight is 513 g/mol. The number of methoxy groups -OCH3 is 1. The molecule has 1 aromatic heterocycles. The Morgan fingerprint density at radius 1 is 0.895 bits per heavy atom. The van der Waals surface area contributed by atoms with Gasteiger partial charge in [-0.15, -0.1) is 0 Å². The quantitative estimate of drug-likeness (QED) is 0.292. The maximum atomic E-state index is 12.5. The fraction of sp³-hybridized carbons (Fsp3) is 0.290. The average Bonchev–Trinajstić information content (AvgIpc) is 3.29. The van der Waals surface area contributed by atoms with Gasteiger partial charge in [0.25, 0.3) is 0 Å². The summed E-state index contributed by atoms with van der Waals surface area (Å²) in [5, 5.41) is 4.82. The Bertz CT molecular complexity index is 1290. The van der Waals surface area contributed by atoms with E-state index in [0.29, 0.717) is 11.4 Å². The van der Waals surface area contributed by atoms with Crippen LogP contribution < -0.4 is 11.5 Å². The van der Waals surface area contributed by atoms with Gasteiger partial charge in [0.05, 0.1) is 12.6 Å². The van der Waals surface area contributed by atoms with Gasteiger partial charge in [0.15, 0.2) is 0 Å². The molecule has 2 unspecified atom stereocenters. The zero-order valence-corrected chi connectivity index (χ0v) is 22.4. The summed E-state index contributed by atoms with van der Waals surface area (Å²) in [6.07, 6.45) is 1.11. The highest BCUT2D eigenvalue weighted by molar-refractivity contribution is 5.71. The fourth-order valence-electron chi connectivity index (χ4n) is 5.00. The number of nitrogen functional groups attached to an aromatic ring is 1. The molecule has 0 fully saturated rings. The minimum absolute atomic E-state index is 0.0246. The molecule has 0 spiro atoms. The maximum Gasteiger partial charge on any atom is 0.308 e. The Kier molecular flexibility index (Phi) is 7.99. The van der Waals surface area contributed by atoms with Crippen LogP contribution in [0.5, 0.6) is 0 Å². The van der Waals surface area contributed by atoms with Crippen molar-refractivity contribution < 1.29 is 14.3 Å². The van der Waals surface area contributed by atoms with E-state index in [1.54, 1.807) is 18.0 Å². The van der Waals surface area contributed by atoms with Gasteiger partial charge in [0, 0.05) is 18.7 Å². The second-order valence-corrected chi connectivity index (χ2v) is 10.3. The molecule has 4 N–H and O–H groups in total. The number of ether oxygens (including phenoxy) is 2. The molecular formula is C31H36N4O3. The molecule has 3 aromatic carbocycles. The lowest BCUT2D eigenvalue weighted by Crippen LogP contribution is -2.44. The molecule has 7 heteroatoms. The van der Waals surface area contributed by atoms with Crippen molar-refractivity contribution in [2.45, 2.75) is 50.5 Å². The third-order valence-corrected chi connectivity index (χ3v) is 6.52. The van der Waals surface area contributed by atoms with Crippen molar-refractivity contribution in [2.75, 3.05) is 12.8 Å². The van der Waals surface area contributed by atoms with Gasteiger partial charge in [0.2, 0.25) is 0 Å². The number of carbonyl (C=O) groups excluding carboxylic acids is 1. The van der Waals surface area contributed by atoms with Gasteiger partial charge in [-0.05, 0) is 37.5 Å². The number of hydrogen-bond acceptors (Lipinski definition) is 6. The molecule has 4 rings (SSSR count). The van der Waals surface area contributed by atoms with Crippen molar-refractivity contribution in [1.29, 1.82) is 0 Å². The summed E-state index contributed by atoms with van der Waals surface area (Å²) in [5.41, 5.74) is 15.1. The Hall–Kier alpha value is -3.94. The molecule has 0 amide bonds. The predicted octanol–water partition coefficient (Wildman–Crippen LogP) is 5.38. The maximum absolute atomic E-state index is 12.5. The minimum Gasteiger partial charge on any atom is -0.460 e. The summed E-state index contributed by atoms with van der Waals surface area (Å²) >= 11 is 0. The number of nitrogens with two attached hydrogens (primary N) is 2. The summed E-state index contributed by atoms with van der Waals surface area (Å²) in [6, 6.07) is 29.4. The van der Waals surface area contributed by atoms with Gasteiger partial charge in [-0.2, -0.15) is 5.10 Å². The smallest absolute Gasteiger partial charge is 0.308 e. The summed E-state index contributed by atoms with van der Waals surface area (Å²) in [7, 11) is 1.69. The number of benzene rings is 3. The third kappa shape index (κ3) is 5.35. The lowest BCUT2D eigenvalue weighted by Gasteiger charge is -2.42. The summed E-state index contributed by atoms with van der Waals surface area (Å²) in [4.78, 5) is 12.5. The Balaban J connectivity index is 1.93. The molecule has 7 nitrogen and oxygen atoms in total. The van der Waals surface area contributed by atoms with Gasteiger partial charge in [-0.25, -0.2) is 4.68 Å². The zero-order chi connectivity index (χ0) is 27.3. The Morgan fingerprint density at radius 3 is 1.87 bits per heavy atom. The lowest BCUT2D eigenvalue weighted by atomic mass is 9.75. The molecule has 0 aliphatic carbocycles. The van der Waals surface area contributed by atoms with Crippen LogP contribution in [0.15, 0.2) is 97.2 Å². The Morgan fingerprint density at radius 2 is 1.39 bits per heavy atom. The van der Waals surface area contributed by atoms with Crippen molar-refractivity contribution in [3.05, 3.63) is 119 Å². The predicted molar refractivity (Wildman–Crippen MR) is 149 cm³/mol. The van der Waals surface area contributed by atoms with E-state index in [-0.39, 0.29) is 6.42 Å². The number of esters is 1. The molecule has 0 saturated heterocycles. The molecule has 4 aromatic rings. The first-order valence-electron chi connectivity index (χ1n) is 12.7. The van der Waals surface area contributed by atoms with Crippen LogP contribution in [0.2, 0.25) is 0 Å². The van der Waals surface area contributed by atoms with Crippen molar-refractivity contribution in [3.63, 3.8) is 0 Å². The highest BCUT2D eigenvalue weighted by Gasteiger charge is 2.47. The fourth-order valence-corrected chi connectivity index (χ4v) is 5.00. The van der Waals surface area contributed by atoms with Crippen LogP contribution in [0.25, 0.3) is 0 Å². The molecular weight excluding hydrogens is 476 g/mol. The van der Waals surface area contributed by atoms with Crippen LogP contribution in [-0.2, 0) is 19.8 Å². The van der Waals surface area contributed by atoms with Gasteiger partial charge >= 0.3 is 5.97 Å². The standard InChI is InChI=1S/C31H36N4O3/c1-30(2,3)38-27(36)20-26(32)25-21-34-35(29(25)33)31(23-16-10-6-11-17-23,24-18-12-7-13-19-24)28(37-4)22-14-8-5-9-15-22/h5-19,21,26,28H,20,32-33H2,1-4H3. The van der Waals surface area contributed by atoms with E-state index in [0.717, 1.165) is 16.7 Å². The molecule has 198 valence electrons. The molecule has 0 saturated carbocycles. The third-order valence-electron chi connectivity index (χ3n) is 6.52. The highest BCUT2D eigenvalue weighted by Crippen LogP contribution is 2.48. The van der Waals surface area contributed by atoms with Gasteiger partial charge in [-0.1, -0.05) is 91.0 Å². The van der Waals surface area contributed by atoms with Crippen LogP contribution in [0.4, 0.5) is 5.82 Å². The molecule has 1 heterocycles. The van der Waals surface area contributed by atoms with E-state index in [9.17, 15) is 4.79 Å². The number of rotatable bonds is 9. The topological polar surface area (TPSA) is 105 Å². The number of anilines is 1. The second kappa shape index (κ2) is 11.2. The first kappa shape index (κ1) is 27.1.